The predicted octanol–water partition coefficient (Wildman–Crippen LogP) is 1.89. The molecular weight excluding hydrogens is 447 g/mol. The van der Waals surface area contributed by atoms with Crippen LogP contribution in [0.2, 0.25) is 0 Å². The van der Waals surface area contributed by atoms with E-state index >= 15 is 0 Å². The number of nitrogens with zero attached hydrogens (tertiary/aromatic N) is 5. The average molecular weight is 471 g/mol. The summed E-state index contributed by atoms with van der Waals surface area (Å²) < 4.78 is 42.6. The molecule has 11 heteroatoms. The molecular formula is C22H23FN6O3S. The minimum absolute atomic E-state index is 0.00770. The summed E-state index contributed by atoms with van der Waals surface area (Å²) in [5.41, 5.74) is 2.25. The molecule has 3 fully saturated rings. The Morgan fingerprint density at radius 3 is 2.48 bits per heavy atom. The van der Waals surface area contributed by atoms with E-state index < -0.39 is 21.9 Å². The minimum atomic E-state index is -3.91. The zero-order valence-electron chi connectivity index (χ0n) is 18.1. The molecule has 0 radical (unpaired) electrons. The highest BCUT2D eigenvalue weighted by Gasteiger charge is 2.58. The van der Waals surface area contributed by atoms with E-state index in [9.17, 15) is 17.6 Å². The highest BCUT2D eigenvalue weighted by atomic mass is 32.2. The van der Waals surface area contributed by atoms with Gasteiger partial charge in [0.05, 0.1) is 23.0 Å². The first-order valence-corrected chi connectivity index (χ1v) is 12.1. The maximum Gasteiger partial charge on any atom is 0.244 e. The fourth-order valence-electron chi connectivity index (χ4n) is 4.53. The Kier molecular flexibility index (Phi) is 5.25. The van der Waals surface area contributed by atoms with Gasteiger partial charge in [0.25, 0.3) is 0 Å². The quantitative estimate of drug-likeness (QED) is 0.589. The number of amides is 1. The first kappa shape index (κ1) is 21.7. The Bertz CT molecular complexity index is 1300. The first-order valence-electron chi connectivity index (χ1n) is 10.6. The van der Waals surface area contributed by atoms with E-state index in [-0.39, 0.29) is 29.3 Å². The van der Waals surface area contributed by atoms with Gasteiger partial charge in [-0.3, -0.25) is 4.79 Å². The Balaban J connectivity index is 1.32. The Hall–Kier alpha value is -3.18. The predicted molar refractivity (Wildman–Crippen MR) is 116 cm³/mol. The summed E-state index contributed by atoms with van der Waals surface area (Å²) >= 11 is 0. The lowest BCUT2D eigenvalue weighted by atomic mass is 9.83. The van der Waals surface area contributed by atoms with E-state index in [1.54, 1.807) is 30.2 Å². The van der Waals surface area contributed by atoms with Gasteiger partial charge in [0.2, 0.25) is 15.9 Å². The van der Waals surface area contributed by atoms with Crippen LogP contribution in [0.4, 0.5) is 4.39 Å². The van der Waals surface area contributed by atoms with Crippen molar-refractivity contribution in [3.05, 3.63) is 65.8 Å². The number of sulfonamides is 1. The van der Waals surface area contributed by atoms with Crippen molar-refractivity contribution in [1.82, 2.24) is 29.4 Å². The summed E-state index contributed by atoms with van der Waals surface area (Å²) in [4.78, 5) is 21.4. The molecule has 4 heterocycles. The standard InChI is InChI=1S/C22H23FN6O3S/c1-13-16(12-28(27-13)19-10-24-14(2)25-11-19)9-26-22(30)21-15-7-18(8-15)29(21)33(31,32)20-5-3-17(23)4-6-20/h3-6,10-12,15,18,21H,7-9H2,1-2H3,(H,26,30)/t15?,18?,21-/m0/s1. The Labute approximate surface area is 190 Å². The Morgan fingerprint density at radius 1 is 1.15 bits per heavy atom. The van der Waals surface area contributed by atoms with Gasteiger partial charge in [0, 0.05) is 24.3 Å². The number of aryl methyl sites for hydroxylation is 2. The van der Waals surface area contributed by atoms with Crippen LogP contribution in [0.15, 0.2) is 47.8 Å². The molecule has 2 bridgehead atoms. The largest absolute Gasteiger partial charge is 0.350 e. The third-order valence-corrected chi connectivity index (χ3v) is 8.32. The molecule has 3 aromatic rings. The molecule has 2 saturated heterocycles. The third-order valence-electron chi connectivity index (χ3n) is 6.37. The summed E-state index contributed by atoms with van der Waals surface area (Å²) in [6.45, 7) is 3.85. The topological polar surface area (TPSA) is 110 Å². The second-order valence-electron chi connectivity index (χ2n) is 8.51. The fraction of sp³-hybridized carbons (Fsp3) is 0.364. The molecule has 33 heavy (non-hydrogen) atoms. The van der Waals surface area contributed by atoms with E-state index in [1.807, 2.05) is 6.92 Å². The van der Waals surface area contributed by atoms with Gasteiger partial charge < -0.3 is 5.32 Å². The molecule has 2 aliphatic heterocycles. The number of carbonyl (C=O) groups excluding carboxylic acids is 1. The number of carbonyl (C=O) groups is 1. The second kappa shape index (κ2) is 7.99. The van der Waals surface area contributed by atoms with Crippen LogP contribution in [-0.4, -0.2) is 50.5 Å². The molecule has 1 amide bonds. The molecule has 1 aliphatic carbocycles. The summed E-state index contributed by atoms with van der Waals surface area (Å²) in [5.74, 6) is -0.206. The third kappa shape index (κ3) is 3.80. The van der Waals surface area contributed by atoms with Crippen LogP contribution in [0.25, 0.3) is 5.69 Å². The summed E-state index contributed by atoms with van der Waals surface area (Å²) in [7, 11) is -3.91. The van der Waals surface area contributed by atoms with Crippen molar-refractivity contribution in [2.75, 3.05) is 0 Å². The van der Waals surface area contributed by atoms with Crippen molar-refractivity contribution in [2.24, 2.45) is 5.92 Å². The maximum absolute atomic E-state index is 13.3. The lowest BCUT2D eigenvalue weighted by molar-refractivity contribution is -0.124. The summed E-state index contributed by atoms with van der Waals surface area (Å²) in [6.07, 6.45) is 6.44. The lowest BCUT2D eigenvalue weighted by Crippen LogP contribution is -2.46. The van der Waals surface area contributed by atoms with Crippen LogP contribution >= 0.6 is 0 Å². The van der Waals surface area contributed by atoms with Gasteiger partial charge in [-0.25, -0.2) is 27.5 Å². The van der Waals surface area contributed by atoms with Crippen LogP contribution in [0.1, 0.15) is 29.9 Å². The SMILES string of the molecule is Cc1ncc(-n2cc(CNC(=O)[C@@H]3C4CC(C4)N3S(=O)(=O)c3ccc(F)cc3)c(C)n2)cn1. The van der Waals surface area contributed by atoms with E-state index in [0.717, 1.165) is 23.4 Å². The van der Waals surface area contributed by atoms with E-state index in [1.165, 1.54) is 16.4 Å². The Morgan fingerprint density at radius 2 is 1.82 bits per heavy atom. The van der Waals surface area contributed by atoms with Crippen molar-refractivity contribution in [3.8, 4) is 5.69 Å². The van der Waals surface area contributed by atoms with Gasteiger partial charge in [-0.15, -0.1) is 0 Å². The van der Waals surface area contributed by atoms with Gasteiger partial charge in [0.1, 0.15) is 23.4 Å². The van der Waals surface area contributed by atoms with Crippen molar-refractivity contribution in [2.45, 2.75) is 50.2 Å². The zero-order valence-corrected chi connectivity index (χ0v) is 19.0. The van der Waals surface area contributed by atoms with E-state index in [0.29, 0.717) is 24.4 Å². The molecule has 6 rings (SSSR count). The fourth-order valence-corrected chi connectivity index (χ4v) is 6.38. The molecule has 3 aliphatic rings. The number of aromatic nitrogens is 4. The van der Waals surface area contributed by atoms with Crippen LogP contribution in [0.3, 0.4) is 0 Å². The number of rotatable bonds is 6. The molecule has 1 aromatic carbocycles. The summed E-state index contributed by atoms with van der Waals surface area (Å²) in [5, 5.41) is 7.34. The number of hydrogen-bond donors (Lipinski definition) is 1. The number of benzene rings is 1. The van der Waals surface area contributed by atoms with Crippen LogP contribution in [-0.2, 0) is 21.4 Å². The smallest absolute Gasteiger partial charge is 0.244 e. The van der Waals surface area contributed by atoms with Gasteiger partial charge in [-0.1, -0.05) is 0 Å². The molecule has 9 nitrogen and oxygen atoms in total. The normalized spacial score (nSPS) is 22.2. The van der Waals surface area contributed by atoms with Crippen LogP contribution < -0.4 is 5.32 Å². The van der Waals surface area contributed by atoms with Gasteiger partial charge in [-0.05, 0) is 56.9 Å². The second-order valence-corrected chi connectivity index (χ2v) is 10.4. The zero-order chi connectivity index (χ0) is 23.3. The lowest BCUT2D eigenvalue weighted by Gasteiger charge is -2.25. The van der Waals surface area contributed by atoms with E-state index in [2.05, 4.69) is 20.4 Å². The monoisotopic (exact) mass is 470 g/mol. The molecule has 1 saturated carbocycles. The highest BCUT2D eigenvalue weighted by molar-refractivity contribution is 7.89. The molecule has 0 unspecified atom stereocenters. The highest BCUT2D eigenvalue weighted by Crippen LogP contribution is 2.48. The number of nitrogens with one attached hydrogen (secondary N) is 1. The van der Waals surface area contributed by atoms with Crippen LogP contribution in [0.5, 0.6) is 0 Å². The van der Waals surface area contributed by atoms with Crippen LogP contribution in [0, 0.1) is 25.6 Å². The number of halogens is 1. The molecule has 0 spiro atoms. The van der Waals surface area contributed by atoms with Gasteiger partial charge in [-0.2, -0.15) is 9.40 Å². The number of hydrogen-bond acceptors (Lipinski definition) is 6. The van der Waals surface area contributed by atoms with E-state index in [4.69, 9.17) is 0 Å². The van der Waals surface area contributed by atoms with Crippen molar-refractivity contribution < 1.29 is 17.6 Å². The molecule has 1 atom stereocenters. The van der Waals surface area contributed by atoms with Crippen molar-refractivity contribution in [3.63, 3.8) is 0 Å². The minimum Gasteiger partial charge on any atom is -0.350 e. The summed E-state index contributed by atoms with van der Waals surface area (Å²) in [6, 6.07) is 3.73. The molecule has 1 N–H and O–H groups in total. The van der Waals surface area contributed by atoms with Crippen molar-refractivity contribution in [1.29, 1.82) is 0 Å². The van der Waals surface area contributed by atoms with Crippen molar-refractivity contribution >= 4 is 15.9 Å². The number of fused-ring (bicyclic) bond motifs is 1. The van der Waals surface area contributed by atoms with Gasteiger partial charge >= 0.3 is 0 Å². The average Bonchev–Trinajstić information content (AvgIpc) is 3.44. The first-order chi connectivity index (χ1) is 15.7. The molecule has 2 aromatic heterocycles. The maximum atomic E-state index is 13.3. The van der Waals surface area contributed by atoms with Gasteiger partial charge in [0.15, 0.2) is 0 Å². The molecule has 172 valence electrons.